The maximum atomic E-state index is 6.05. The lowest BCUT2D eigenvalue weighted by Gasteiger charge is -2.27. The number of nitrogens with one attached hydrogen (secondary N) is 1. The van der Waals surface area contributed by atoms with Crippen molar-refractivity contribution in [3.8, 4) is 11.5 Å². The second kappa shape index (κ2) is 5.99. The predicted octanol–water partition coefficient (Wildman–Crippen LogP) is 4.75. The summed E-state index contributed by atoms with van der Waals surface area (Å²) in [6.45, 7) is 5.23. The van der Waals surface area contributed by atoms with Gasteiger partial charge in [0.05, 0.1) is 10.0 Å². The molecule has 1 heterocycles. The first-order valence-electron chi connectivity index (χ1n) is 7.05. The predicted molar refractivity (Wildman–Crippen MR) is 88.9 cm³/mol. The molecule has 0 bridgehead atoms. The van der Waals surface area contributed by atoms with Gasteiger partial charge in [-0.1, -0.05) is 35.3 Å². The third kappa shape index (κ3) is 3.17. The van der Waals surface area contributed by atoms with Crippen molar-refractivity contribution >= 4 is 23.2 Å². The van der Waals surface area contributed by atoms with Crippen molar-refractivity contribution in [3.63, 3.8) is 0 Å². The van der Waals surface area contributed by atoms with Gasteiger partial charge in [-0.15, -0.1) is 0 Å². The summed E-state index contributed by atoms with van der Waals surface area (Å²) in [5.41, 5.74) is 2.01. The van der Waals surface area contributed by atoms with Crippen LogP contribution >= 0.6 is 23.2 Å². The zero-order valence-corrected chi connectivity index (χ0v) is 14.0. The topological polar surface area (TPSA) is 30.5 Å². The van der Waals surface area contributed by atoms with Gasteiger partial charge in [0, 0.05) is 12.1 Å². The summed E-state index contributed by atoms with van der Waals surface area (Å²) in [6.07, 6.45) is 0. The standard InChI is InChI=1S/C17H17Cl2NO2/c1-17(2,12-4-6-15-16(8-12)22-10-21-15)20-9-11-3-5-13(18)14(19)7-11/h3-8,20H,9-10H2,1-2H3. The number of hydrogen-bond donors (Lipinski definition) is 1. The minimum Gasteiger partial charge on any atom is -0.454 e. The molecule has 0 amide bonds. The molecule has 2 aromatic carbocycles. The summed E-state index contributed by atoms with van der Waals surface area (Å²) in [5, 5.41) is 4.67. The van der Waals surface area contributed by atoms with E-state index in [1.165, 1.54) is 0 Å². The van der Waals surface area contributed by atoms with Gasteiger partial charge in [-0.3, -0.25) is 0 Å². The molecule has 1 aliphatic rings. The van der Waals surface area contributed by atoms with Crippen LogP contribution in [0.4, 0.5) is 0 Å². The van der Waals surface area contributed by atoms with Crippen molar-refractivity contribution in [2.75, 3.05) is 6.79 Å². The van der Waals surface area contributed by atoms with Crippen LogP contribution in [-0.2, 0) is 12.1 Å². The zero-order chi connectivity index (χ0) is 15.7. The van der Waals surface area contributed by atoms with Crippen molar-refractivity contribution in [1.29, 1.82) is 0 Å². The second-order valence-electron chi connectivity index (χ2n) is 5.80. The van der Waals surface area contributed by atoms with E-state index in [1.54, 1.807) is 0 Å². The molecule has 0 aliphatic carbocycles. The summed E-state index contributed by atoms with van der Waals surface area (Å²) in [7, 11) is 0. The highest BCUT2D eigenvalue weighted by Gasteiger charge is 2.23. The third-order valence-electron chi connectivity index (χ3n) is 3.81. The fourth-order valence-electron chi connectivity index (χ4n) is 2.36. The zero-order valence-electron chi connectivity index (χ0n) is 12.5. The molecule has 0 aromatic heterocycles. The van der Waals surface area contributed by atoms with Gasteiger partial charge in [-0.2, -0.15) is 0 Å². The van der Waals surface area contributed by atoms with E-state index in [1.807, 2.05) is 30.3 Å². The molecule has 0 fully saturated rings. The van der Waals surface area contributed by atoms with Crippen LogP contribution in [0.25, 0.3) is 0 Å². The van der Waals surface area contributed by atoms with E-state index < -0.39 is 0 Å². The first-order valence-corrected chi connectivity index (χ1v) is 7.80. The Balaban J connectivity index is 1.74. The smallest absolute Gasteiger partial charge is 0.231 e. The quantitative estimate of drug-likeness (QED) is 0.873. The van der Waals surface area contributed by atoms with Crippen LogP contribution in [0.3, 0.4) is 0 Å². The van der Waals surface area contributed by atoms with E-state index in [2.05, 4.69) is 25.2 Å². The average Bonchev–Trinajstić information content (AvgIpc) is 2.96. The molecule has 5 heteroatoms. The molecule has 3 rings (SSSR count). The monoisotopic (exact) mass is 337 g/mol. The van der Waals surface area contributed by atoms with Crippen LogP contribution in [-0.4, -0.2) is 6.79 Å². The summed E-state index contributed by atoms with van der Waals surface area (Å²) < 4.78 is 10.8. The molecule has 1 N–H and O–H groups in total. The minimum absolute atomic E-state index is 0.215. The Labute approximate surface area is 140 Å². The number of fused-ring (bicyclic) bond motifs is 1. The molecule has 2 aromatic rings. The molecule has 0 spiro atoms. The number of hydrogen-bond acceptors (Lipinski definition) is 3. The number of rotatable bonds is 4. The van der Waals surface area contributed by atoms with Crippen LogP contribution in [0.1, 0.15) is 25.0 Å². The number of halogens is 2. The second-order valence-corrected chi connectivity index (χ2v) is 6.61. The SMILES string of the molecule is CC(C)(NCc1ccc(Cl)c(Cl)c1)c1ccc2c(c1)OCO2. The Bertz CT molecular complexity index is 701. The fraction of sp³-hybridized carbons (Fsp3) is 0.294. The van der Waals surface area contributed by atoms with Crippen molar-refractivity contribution < 1.29 is 9.47 Å². The lowest BCUT2D eigenvalue weighted by atomic mass is 9.93. The highest BCUT2D eigenvalue weighted by atomic mass is 35.5. The highest BCUT2D eigenvalue weighted by Crippen LogP contribution is 2.35. The average molecular weight is 338 g/mol. The Morgan fingerprint density at radius 2 is 1.77 bits per heavy atom. The molecular formula is C17H17Cl2NO2. The van der Waals surface area contributed by atoms with E-state index in [0.29, 0.717) is 16.6 Å². The Morgan fingerprint density at radius 1 is 1.00 bits per heavy atom. The van der Waals surface area contributed by atoms with Crippen molar-refractivity contribution in [2.24, 2.45) is 0 Å². The van der Waals surface area contributed by atoms with Crippen LogP contribution in [0.2, 0.25) is 10.0 Å². The largest absolute Gasteiger partial charge is 0.454 e. The number of benzene rings is 2. The number of ether oxygens (including phenoxy) is 2. The molecule has 0 unspecified atom stereocenters. The third-order valence-corrected chi connectivity index (χ3v) is 4.55. The summed E-state index contributed by atoms with van der Waals surface area (Å²) in [6, 6.07) is 11.7. The van der Waals surface area contributed by atoms with Crippen molar-refractivity contribution in [3.05, 3.63) is 57.6 Å². The van der Waals surface area contributed by atoms with Gasteiger partial charge in [-0.25, -0.2) is 0 Å². The Morgan fingerprint density at radius 3 is 2.55 bits per heavy atom. The molecule has 0 saturated carbocycles. The minimum atomic E-state index is -0.215. The van der Waals surface area contributed by atoms with Gasteiger partial charge in [0.25, 0.3) is 0 Å². The van der Waals surface area contributed by atoms with Gasteiger partial charge in [0.2, 0.25) is 6.79 Å². The fourth-order valence-corrected chi connectivity index (χ4v) is 2.68. The van der Waals surface area contributed by atoms with Crippen LogP contribution in [0, 0.1) is 0 Å². The van der Waals surface area contributed by atoms with E-state index >= 15 is 0 Å². The van der Waals surface area contributed by atoms with E-state index in [9.17, 15) is 0 Å². The van der Waals surface area contributed by atoms with E-state index in [4.69, 9.17) is 32.7 Å². The Kier molecular flexibility index (Phi) is 4.22. The molecule has 0 saturated heterocycles. The summed E-state index contributed by atoms with van der Waals surface area (Å²) in [5.74, 6) is 1.59. The normalized spacial score (nSPS) is 13.5. The first kappa shape index (κ1) is 15.5. The lowest BCUT2D eigenvalue weighted by Crippen LogP contribution is -2.35. The maximum Gasteiger partial charge on any atom is 0.231 e. The van der Waals surface area contributed by atoms with Gasteiger partial charge in [0.1, 0.15) is 0 Å². The molecule has 0 atom stereocenters. The van der Waals surface area contributed by atoms with Crippen LogP contribution < -0.4 is 14.8 Å². The molecule has 3 nitrogen and oxygen atoms in total. The van der Waals surface area contributed by atoms with Gasteiger partial charge < -0.3 is 14.8 Å². The maximum absolute atomic E-state index is 6.05. The highest BCUT2D eigenvalue weighted by molar-refractivity contribution is 6.42. The van der Waals surface area contributed by atoms with Gasteiger partial charge in [0.15, 0.2) is 11.5 Å². The van der Waals surface area contributed by atoms with E-state index in [-0.39, 0.29) is 12.3 Å². The Hall–Kier alpha value is -1.42. The van der Waals surface area contributed by atoms with Crippen LogP contribution in [0.15, 0.2) is 36.4 Å². The summed E-state index contributed by atoms with van der Waals surface area (Å²) in [4.78, 5) is 0. The molecular weight excluding hydrogens is 321 g/mol. The van der Waals surface area contributed by atoms with Crippen LogP contribution in [0.5, 0.6) is 11.5 Å². The summed E-state index contributed by atoms with van der Waals surface area (Å²) >= 11 is 12.0. The molecule has 1 aliphatic heterocycles. The first-order chi connectivity index (χ1) is 10.5. The van der Waals surface area contributed by atoms with Crippen molar-refractivity contribution in [2.45, 2.75) is 25.9 Å². The molecule has 0 radical (unpaired) electrons. The van der Waals surface area contributed by atoms with E-state index in [0.717, 1.165) is 22.6 Å². The van der Waals surface area contributed by atoms with Crippen molar-refractivity contribution in [1.82, 2.24) is 5.32 Å². The molecule has 116 valence electrons. The molecule has 22 heavy (non-hydrogen) atoms. The van der Waals surface area contributed by atoms with Gasteiger partial charge >= 0.3 is 0 Å². The lowest BCUT2D eigenvalue weighted by molar-refractivity contribution is 0.174. The van der Waals surface area contributed by atoms with Gasteiger partial charge in [-0.05, 0) is 49.2 Å².